The number of hydrogen-bond donors (Lipinski definition) is 2. The van der Waals surface area contributed by atoms with Crippen molar-refractivity contribution >= 4 is 5.91 Å². The fourth-order valence-electron chi connectivity index (χ4n) is 3.06. The first-order valence-corrected chi connectivity index (χ1v) is 6.76. The van der Waals surface area contributed by atoms with Gasteiger partial charge in [0, 0.05) is 13.2 Å². The molecule has 98 valence electrons. The van der Waals surface area contributed by atoms with Crippen LogP contribution >= 0.6 is 0 Å². The molecular formula is C13H24N2O2. The highest BCUT2D eigenvalue weighted by Gasteiger charge is 2.35. The van der Waals surface area contributed by atoms with E-state index in [0.717, 1.165) is 25.8 Å². The number of ether oxygens (including phenoxy) is 1. The second-order valence-electron chi connectivity index (χ2n) is 5.60. The van der Waals surface area contributed by atoms with E-state index < -0.39 is 0 Å². The maximum absolute atomic E-state index is 12.0. The van der Waals surface area contributed by atoms with Gasteiger partial charge < -0.3 is 15.8 Å². The molecule has 0 aromatic heterocycles. The Kier molecular flexibility index (Phi) is 4.05. The van der Waals surface area contributed by atoms with Gasteiger partial charge in [0.05, 0.1) is 12.0 Å². The van der Waals surface area contributed by atoms with E-state index in [-0.39, 0.29) is 23.3 Å². The number of carbonyl (C=O) groups excluding carboxylic acids is 1. The molecule has 4 heteroatoms. The average molecular weight is 240 g/mol. The summed E-state index contributed by atoms with van der Waals surface area (Å²) in [5.74, 6) is 0.181. The predicted molar refractivity (Wildman–Crippen MR) is 66.5 cm³/mol. The fourth-order valence-corrected chi connectivity index (χ4v) is 3.06. The number of nitrogens with one attached hydrogen (secondary N) is 1. The maximum atomic E-state index is 12.0. The van der Waals surface area contributed by atoms with Crippen LogP contribution in [0.25, 0.3) is 0 Å². The van der Waals surface area contributed by atoms with Crippen molar-refractivity contribution in [2.75, 3.05) is 19.7 Å². The van der Waals surface area contributed by atoms with E-state index in [9.17, 15) is 4.79 Å². The molecule has 1 saturated carbocycles. The molecule has 2 fully saturated rings. The zero-order chi connectivity index (χ0) is 12.3. The van der Waals surface area contributed by atoms with Crippen LogP contribution in [0.1, 0.15) is 39.0 Å². The molecule has 4 nitrogen and oxygen atoms in total. The minimum Gasteiger partial charge on any atom is -0.378 e. The van der Waals surface area contributed by atoms with Crippen LogP contribution in [0.3, 0.4) is 0 Å². The van der Waals surface area contributed by atoms with Crippen LogP contribution in [-0.2, 0) is 9.53 Å². The predicted octanol–water partition coefficient (Wildman–Crippen LogP) is 1.05. The van der Waals surface area contributed by atoms with Crippen molar-refractivity contribution in [3.05, 3.63) is 0 Å². The highest BCUT2D eigenvalue weighted by atomic mass is 16.5. The van der Waals surface area contributed by atoms with Gasteiger partial charge in [-0.1, -0.05) is 12.8 Å². The Morgan fingerprint density at radius 1 is 1.47 bits per heavy atom. The summed E-state index contributed by atoms with van der Waals surface area (Å²) in [4.78, 5) is 12.0. The van der Waals surface area contributed by atoms with Crippen LogP contribution in [0, 0.1) is 11.3 Å². The van der Waals surface area contributed by atoms with E-state index in [1.807, 2.05) is 6.92 Å². The molecule has 0 aromatic carbocycles. The van der Waals surface area contributed by atoms with E-state index in [2.05, 4.69) is 5.32 Å². The van der Waals surface area contributed by atoms with Gasteiger partial charge in [-0.05, 0) is 38.1 Å². The molecule has 1 heterocycles. The minimum absolute atomic E-state index is 0.0335. The summed E-state index contributed by atoms with van der Waals surface area (Å²) in [6.45, 7) is 4.11. The van der Waals surface area contributed by atoms with Gasteiger partial charge in [-0.25, -0.2) is 0 Å². The molecule has 2 atom stereocenters. The lowest BCUT2D eigenvalue weighted by molar-refractivity contribution is -0.126. The van der Waals surface area contributed by atoms with Gasteiger partial charge in [-0.2, -0.15) is 0 Å². The van der Waals surface area contributed by atoms with Gasteiger partial charge in [0.1, 0.15) is 0 Å². The summed E-state index contributed by atoms with van der Waals surface area (Å²) >= 11 is 0. The summed E-state index contributed by atoms with van der Waals surface area (Å²) in [6.07, 6.45) is 5.71. The molecule has 1 aliphatic carbocycles. The molecule has 17 heavy (non-hydrogen) atoms. The van der Waals surface area contributed by atoms with Crippen molar-refractivity contribution in [3.8, 4) is 0 Å². The Morgan fingerprint density at radius 3 is 2.71 bits per heavy atom. The van der Waals surface area contributed by atoms with Crippen molar-refractivity contribution in [1.29, 1.82) is 0 Å². The Bertz CT molecular complexity index is 275. The standard InChI is InChI=1S/C13H24N2O2/c1-10-11(4-7-17-10)12(16)15-9-13(8-14)5-2-3-6-13/h10-11H,2-9,14H2,1H3,(H,15,16). The van der Waals surface area contributed by atoms with Crippen molar-refractivity contribution in [2.45, 2.75) is 45.1 Å². The Hall–Kier alpha value is -0.610. The summed E-state index contributed by atoms with van der Waals surface area (Å²) in [5.41, 5.74) is 6.02. The smallest absolute Gasteiger partial charge is 0.225 e. The molecule has 1 aliphatic heterocycles. The van der Waals surface area contributed by atoms with Crippen LogP contribution < -0.4 is 11.1 Å². The third-order valence-electron chi connectivity index (χ3n) is 4.45. The molecule has 2 rings (SSSR count). The van der Waals surface area contributed by atoms with Crippen molar-refractivity contribution in [1.82, 2.24) is 5.32 Å². The number of nitrogens with two attached hydrogens (primary N) is 1. The molecule has 1 amide bonds. The van der Waals surface area contributed by atoms with Gasteiger partial charge in [0.25, 0.3) is 0 Å². The summed E-state index contributed by atoms with van der Waals surface area (Å²) in [6, 6.07) is 0. The number of carbonyl (C=O) groups is 1. The summed E-state index contributed by atoms with van der Waals surface area (Å²) in [7, 11) is 0. The second kappa shape index (κ2) is 5.36. The van der Waals surface area contributed by atoms with Crippen LogP contribution in [0.5, 0.6) is 0 Å². The van der Waals surface area contributed by atoms with Gasteiger partial charge in [-0.3, -0.25) is 4.79 Å². The highest BCUT2D eigenvalue weighted by molar-refractivity contribution is 5.79. The number of rotatable bonds is 4. The average Bonchev–Trinajstić information content (AvgIpc) is 2.95. The van der Waals surface area contributed by atoms with Crippen LogP contribution in [-0.4, -0.2) is 31.7 Å². The molecule has 2 aliphatic rings. The lowest BCUT2D eigenvalue weighted by Gasteiger charge is -2.28. The molecule has 0 aromatic rings. The normalized spacial score (nSPS) is 31.6. The van der Waals surface area contributed by atoms with E-state index in [1.54, 1.807) is 0 Å². The van der Waals surface area contributed by atoms with Gasteiger partial charge in [0.2, 0.25) is 5.91 Å². The number of amides is 1. The molecule has 0 bridgehead atoms. The first-order valence-electron chi connectivity index (χ1n) is 6.76. The van der Waals surface area contributed by atoms with E-state index in [1.165, 1.54) is 12.8 Å². The maximum Gasteiger partial charge on any atom is 0.225 e. The van der Waals surface area contributed by atoms with Crippen molar-refractivity contribution in [2.24, 2.45) is 17.1 Å². The van der Waals surface area contributed by atoms with Gasteiger partial charge in [-0.15, -0.1) is 0 Å². The zero-order valence-corrected chi connectivity index (χ0v) is 10.7. The third kappa shape index (κ3) is 2.80. The quantitative estimate of drug-likeness (QED) is 0.772. The van der Waals surface area contributed by atoms with Crippen LogP contribution in [0.2, 0.25) is 0 Å². The fraction of sp³-hybridized carbons (Fsp3) is 0.923. The summed E-state index contributed by atoms with van der Waals surface area (Å²) in [5, 5.41) is 3.09. The molecule has 2 unspecified atom stereocenters. The first kappa shape index (κ1) is 12.8. The SMILES string of the molecule is CC1OCCC1C(=O)NCC1(CN)CCCC1. The van der Waals surface area contributed by atoms with E-state index >= 15 is 0 Å². The summed E-state index contributed by atoms with van der Waals surface area (Å²) < 4.78 is 5.42. The van der Waals surface area contributed by atoms with Gasteiger partial charge >= 0.3 is 0 Å². The number of hydrogen-bond acceptors (Lipinski definition) is 3. The zero-order valence-electron chi connectivity index (χ0n) is 10.7. The minimum atomic E-state index is 0.0335. The molecule has 0 radical (unpaired) electrons. The largest absolute Gasteiger partial charge is 0.378 e. The van der Waals surface area contributed by atoms with Crippen molar-refractivity contribution in [3.63, 3.8) is 0 Å². The van der Waals surface area contributed by atoms with Crippen molar-refractivity contribution < 1.29 is 9.53 Å². The molecular weight excluding hydrogens is 216 g/mol. The van der Waals surface area contributed by atoms with E-state index in [4.69, 9.17) is 10.5 Å². The Labute approximate surface area is 103 Å². The van der Waals surface area contributed by atoms with Gasteiger partial charge in [0.15, 0.2) is 0 Å². The lowest BCUT2D eigenvalue weighted by atomic mass is 9.86. The second-order valence-corrected chi connectivity index (χ2v) is 5.60. The molecule has 3 N–H and O–H groups in total. The van der Waals surface area contributed by atoms with Crippen LogP contribution in [0.15, 0.2) is 0 Å². The lowest BCUT2D eigenvalue weighted by Crippen LogP contribution is -2.43. The molecule has 0 spiro atoms. The van der Waals surface area contributed by atoms with E-state index in [0.29, 0.717) is 13.2 Å². The van der Waals surface area contributed by atoms with Crippen LogP contribution in [0.4, 0.5) is 0 Å². The Morgan fingerprint density at radius 2 is 2.18 bits per heavy atom. The Balaban J connectivity index is 1.82. The topological polar surface area (TPSA) is 64.3 Å². The monoisotopic (exact) mass is 240 g/mol. The first-order chi connectivity index (χ1) is 8.17. The molecule has 1 saturated heterocycles. The third-order valence-corrected chi connectivity index (χ3v) is 4.45. The highest BCUT2D eigenvalue weighted by Crippen LogP contribution is 2.36.